The van der Waals surface area contributed by atoms with E-state index in [9.17, 15) is 13.2 Å². The summed E-state index contributed by atoms with van der Waals surface area (Å²) >= 11 is 0. The number of carbonyl (C=O) groups excluding carboxylic acids is 1. The number of nitrogens with zero attached hydrogens (tertiary/aromatic N) is 1. The van der Waals surface area contributed by atoms with Gasteiger partial charge in [0.25, 0.3) is 0 Å². The summed E-state index contributed by atoms with van der Waals surface area (Å²) in [5.74, 6) is 0.666. The van der Waals surface area contributed by atoms with Gasteiger partial charge >= 0.3 is 6.09 Å². The van der Waals surface area contributed by atoms with Crippen molar-refractivity contribution >= 4 is 46.1 Å². The van der Waals surface area contributed by atoms with E-state index in [0.717, 1.165) is 12.8 Å². The Balaban J connectivity index is 0. The number of alkyl carbamates (subject to hydrolysis) is 1. The highest BCUT2D eigenvalue weighted by molar-refractivity contribution is 14.0. The normalized spacial score (nSPS) is 12.1. The molecule has 0 spiro atoms. The number of guanidine groups is 1. The number of aliphatic imine (C=N–C) groups is 1. The second-order valence-electron chi connectivity index (χ2n) is 6.49. The van der Waals surface area contributed by atoms with Crippen molar-refractivity contribution in [3.63, 3.8) is 0 Å². The van der Waals surface area contributed by atoms with E-state index in [2.05, 4.69) is 25.7 Å². The average Bonchev–Trinajstić information content (AvgIpc) is 2.43. The Bertz CT molecular complexity index is 521. The largest absolute Gasteiger partial charge is 0.444 e. The molecule has 0 aliphatic rings. The van der Waals surface area contributed by atoms with Gasteiger partial charge in [-0.05, 0) is 40.5 Å². The number of halogens is 1. The highest BCUT2D eigenvalue weighted by Gasteiger charge is 2.15. The summed E-state index contributed by atoms with van der Waals surface area (Å²) in [6, 6.07) is 0. The van der Waals surface area contributed by atoms with E-state index >= 15 is 0 Å². The van der Waals surface area contributed by atoms with Crippen molar-refractivity contribution in [2.75, 3.05) is 39.0 Å². The molecule has 4 N–H and O–H groups in total. The summed E-state index contributed by atoms with van der Waals surface area (Å²) in [4.78, 5) is 15.9. The second-order valence-corrected chi connectivity index (χ2v) is 8.32. The molecule has 0 heterocycles. The van der Waals surface area contributed by atoms with Crippen LogP contribution < -0.4 is 20.7 Å². The van der Waals surface area contributed by atoms with Crippen LogP contribution in [0.15, 0.2) is 4.99 Å². The second kappa shape index (κ2) is 14.3. The van der Waals surface area contributed by atoms with Gasteiger partial charge < -0.3 is 20.7 Å². The number of ether oxygens (including phenoxy) is 1. The zero-order chi connectivity index (χ0) is 19.3. The molecule has 0 unspecified atom stereocenters. The zero-order valence-corrected chi connectivity index (χ0v) is 19.5. The average molecular weight is 507 g/mol. The Morgan fingerprint density at radius 3 is 2.19 bits per heavy atom. The van der Waals surface area contributed by atoms with E-state index in [1.165, 1.54) is 0 Å². The van der Waals surface area contributed by atoms with Gasteiger partial charge in [-0.15, -0.1) is 24.0 Å². The Morgan fingerprint density at radius 2 is 1.65 bits per heavy atom. The van der Waals surface area contributed by atoms with Crippen molar-refractivity contribution < 1.29 is 17.9 Å². The van der Waals surface area contributed by atoms with Crippen LogP contribution in [-0.4, -0.2) is 65.1 Å². The fourth-order valence-corrected chi connectivity index (χ4v) is 2.18. The predicted molar refractivity (Wildman–Crippen MR) is 116 cm³/mol. The van der Waals surface area contributed by atoms with E-state index in [0.29, 0.717) is 45.0 Å². The molecule has 11 heteroatoms. The van der Waals surface area contributed by atoms with E-state index in [1.807, 2.05) is 27.7 Å². The van der Waals surface area contributed by atoms with E-state index in [4.69, 9.17) is 4.74 Å². The quantitative estimate of drug-likeness (QED) is 0.152. The fourth-order valence-electron chi connectivity index (χ4n) is 1.67. The van der Waals surface area contributed by atoms with Crippen molar-refractivity contribution in [3.8, 4) is 0 Å². The molecule has 0 saturated heterocycles. The molecule has 0 aromatic carbocycles. The van der Waals surface area contributed by atoms with Gasteiger partial charge in [-0.3, -0.25) is 4.99 Å². The van der Waals surface area contributed by atoms with Gasteiger partial charge in [-0.1, -0.05) is 0 Å². The van der Waals surface area contributed by atoms with Gasteiger partial charge in [0.15, 0.2) is 5.96 Å². The Labute approximate surface area is 174 Å². The maximum Gasteiger partial charge on any atom is 0.407 e. The molecule has 1 amide bonds. The third kappa shape index (κ3) is 19.5. The Hall–Kier alpha value is -0.820. The van der Waals surface area contributed by atoms with Crippen molar-refractivity contribution in [2.24, 2.45) is 4.99 Å². The zero-order valence-electron chi connectivity index (χ0n) is 16.3. The van der Waals surface area contributed by atoms with Gasteiger partial charge in [-0.25, -0.2) is 17.9 Å². The summed E-state index contributed by atoms with van der Waals surface area (Å²) in [5.41, 5.74) is -0.504. The minimum Gasteiger partial charge on any atom is -0.444 e. The SMILES string of the molecule is CCNC(=NCCCNC(=O)OC(C)(C)C)NCCCNS(C)(=O)=O.I. The number of carbonyl (C=O) groups is 1. The molecule has 0 bridgehead atoms. The third-order valence-corrected chi connectivity index (χ3v) is 3.36. The standard InChI is InChI=1S/C15H33N5O4S.HI/c1-6-16-13(18-10-8-12-20-25(5,22)23)17-9-7-11-19-14(21)24-15(2,3)4;/h20H,6-12H2,1-5H3,(H,19,21)(H2,16,17,18);1H. The van der Waals surface area contributed by atoms with Crippen molar-refractivity contribution in [3.05, 3.63) is 0 Å². The third-order valence-electron chi connectivity index (χ3n) is 2.63. The minimum absolute atomic E-state index is 0. The van der Waals surface area contributed by atoms with Crippen LogP contribution in [0.3, 0.4) is 0 Å². The lowest BCUT2D eigenvalue weighted by atomic mass is 10.2. The topological polar surface area (TPSA) is 121 Å². The summed E-state index contributed by atoms with van der Waals surface area (Å²) in [7, 11) is -3.14. The first kappa shape index (κ1) is 27.4. The lowest BCUT2D eigenvalue weighted by Crippen LogP contribution is -2.39. The molecule has 0 saturated carbocycles. The fraction of sp³-hybridized carbons (Fsp3) is 0.867. The Morgan fingerprint density at radius 1 is 1.04 bits per heavy atom. The van der Waals surface area contributed by atoms with Crippen LogP contribution >= 0.6 is 24.0 Å². The van der Waals surface area contributed by atoms with Gasteiger partial charge in [0.1, 0.15) is 5.60 Å². The first-order chi connectivity index (χ1) is 11.5. The summed E-state index contributed by atoms with van der Waals surface area (Å²) < 4.78 is 29.5. The highest BCUT2D eigenvalue weighted by Crippen LogP contribution is 2.06. The number of hydrogen-bond acceptors (Lipinski definition) is 5. The highest BCUT2D eigenvalue weighted by atomic mass is 127. The van der Waals surface area contributed by atoms with Gasteiger partial charge in [0.2, 0.25) is 10.0 Å². The number of amides is 1. The molecule has 0 aromatic heterocycles. The van der Waals surface area contributed by atoms with Crippen LogP contribution in [-0.2, 0) is 14.8 Å². The van der Waals surface area contributed by atoms with Gasteiger partial charge in [0.05, 0.1) is 6.26 Å². The van der Waals surface area contributed by atoms with E-state index < -0.39 is 21.7 Å². The molecule has 0 rings (SSSR count). The molecular formula is C15H34IN5O4S. The van der Waals surface area contributed by atoms with Crippen LogP contribution in [0.25, 0.3) is 0 Å². The number of rotatable bonds is 10. The molecule has 0 aliphatic heterocycles. The molecule has 26 heavy (non-hydrogen) atoms. The van der Waals surface area contributed by atoms with Crippen LogP contribution in [0.4, 0.5) is 4.79 Å². The molecular weight excluding hydrogens is 473 g/mol. The van der Waals surface area contributed by atoms with Gasteiger partial charge in [0, 0.05) is 32.7 Å². The molecule has 0 aliphatic carbocycles. The maximum absolute atomic E-state index is 11.5. The Kier molecular flexibility index (Phi) is 15.0. The number of hydrogen-bond donors (Lipinski definition) is 4. The number of sulfonamides is 1. The lowest BCUT2D eigenvalue weighted by Gasteiger charge is -2.19. The summed E-state index contributed by atoms with van der Waals surface area (Å²) in [6.07, 6.45) is 2.04. The lowest BCUT2D eigenvalue weighted by molar-refractivity contribution is 0.0527. The van der Waals surface area contributed by atoms with Crippen LogP contribution in [0.1, 0.15) is 40.5 Å². The van der Waals surface area contributed by atoms with E-state index in [-0.39, 0.29) is 24.0 Å². The van der Waals surface area contributed by atoms with Crippen LogP contribution in [0.5, 0.6) is 0 Å². The maximum atomic E-state index is 11.5. The van der Waals surface area contributed by atoms with Gasteiger partial charge in [-0.2, -0.15) is 0 Å². The minimum atomic E-state index is -3.14. The molecule has 0 fully saturated rings. The van der Waals surface area contributed by atoms with Crippen LogP contribution in [0, 0.1) is 0 Å². The molecule has 156 valence electrons. The van der Waals surface area contributed by atoms with E-state index in [1.54, 1.807) is 0 Å². The molecule has 0 atom stereocenters. The van der Waals surface area contributed by atoms with Crippen LogP contribution in [0.2, 0.25) is 0 Å². The first-order valence-corrected chi connectivity index (χ1v) is 10.4. The molecule has 9 nitrogen and oxygen atoms in total. The smallest absolute Gasteiger partial charge is 0.407 e. The molecule has 0 radical (unpaired) electrons. The summed E-state index contributed by atoms with van der Waals surface area (Å²) in [6.45, 7) is 10.2. The van der Waals surface area contributed by atoms with Crippen molar-refractivity contribution in [1.82, 2.24) is 20.7 Å². The van der Waals surface area contributed by atoms with Crippen molar-refractivity contribution in [1.29, 1.82) is 0 Å². The predicted octanol–water partition coefficient (Wildman–Crippen LogP) is 1.01. The van der Waals surface area contributed by atoms with Crippen molar-refractivity contribution in [2.45, 2.75) is 46.1 Å². The summed E-state index contributed by atoms with van der Waals surface area (Å²) in [5, 5.41) is 8.92. The molecule has 0 aromatic rings. The number of nitrogens with one attached hydrogen (secondary N) is 4. The monoisotopic (exact) mass is 507 g/mol. The first-order valence-electron chi connectivity index (χ1n) is 8.47.